The van der Waals surface area contributed by atoms with Crippen molar-refractivity contribution in [1.29, 1.82) is 0 Å². The van der Waals surface area contributed by atoms with Crippen LogP contribution in [-0.2, 0) is 9.84 Å². The molecule has 0 heterocycles. The zero-order chi connectivity index (χ0) is 11.1. The molecule has 1 aromatic carbocycles. The van der Waals surface area contributed by atoms with Gasteiger partial charge in [0.2, 0.25) is 0 Å². The SMILES string of the molecule is CCS(=O)(=O)[C@@H]1C[C@H]1c1ccc(Cl)cc1. The molecule has 0 amide bonds. The van der Waals surface area contributed by atoms with E-state index in [1.54, 1.807) is 6.92 Å². The van der Waals surface area contributed by atoms with Crippen LogP contribution in [0.15, 0.2) is 24.3 Å². The molecule has 0 saturated heterocycles. The first kappa shape index (κ1) is 11.0. The van der Waals surface area contributed by atoms with Gasteiger partial charge in [0.15, 0.2) is 9.84 Å². The van der Waals surface area contributed by atoms with Gasteiger partial charge < -0.3 is 0 Å². The van der Waals surface area contributed by atoms with Crippen molar-refractivity contribution < 1.29 is 8.42 Å². The van der Waals surface area contributed by atoms with Crippen molar-refractivity contribution in [3.63, 3.8) is 0 Å². The molecule has 0 bridgehead atoms. The van der Waals surface area contributed by atoms with E-state index in [-0.39, 0.29) is 16.9 Å². The summed E-state index contributed by atoms with van der Waals surface area (Å²) >= 11 is 5.77. The zero-order valence-electron chi connectivity index (χ0n) is 8.48. The molecule has 82 valence electrons. The number of benzene rings is 1. The maximum absolute atomic E-state index is 11.6. The Kier molecular flexibility index (Phi) is 2.77. The third-order valence-corrected chi connectivity index (χ3v) is 5.39. The summed E-state index contributed by atoms with van der Waals surface area (Å²) in [7, 11) is -2.87. The van der Waals surface area contributed by atoms with Crippen LogP contribution in [0, 0.1) is 0 Å². The molecule has 1 saturated carbocycles. The van der Waals surface area contributed by atoms with Crippen molar-refractivity contribution >= 4 is 21.4 Å². The van der Waals surface area contributed by atoms with Crippen LogP contribution >= 0.6 is 11.6 Å². The summed E-state index contributed by atoms with van der Waals surface area (Å²) in [6.07, 6.45) is 0.762. The average molecular weight is 245 g/mol. The highest BCUT2D eigenvalue weighted by molar-refractivity contribution is 7.92. The second-order valence-corrected chi connectivity index (χ2v) is 6.83. The van der Waals surface area contributed by atoms with Crippen molar-refractivity contribution in [2.75, 3.05) is 5.75 Å². The van der Waals surface area contributed by atoms with E-state index in [0.717, 1.165) is 12.0 Å². The molecular weight excluding hydrogens is 232 g/mol. The van der Waals surface area contributed by atoms with Gasteiger partial charge in [0.05, 0.1) is 5.25 Å². The Morgan fingerprint density at radius 2 is 1.93 bits per heavy atom. The summed E-state index contributed by atoms with van der Waals surface area (Å²) in [5.74, 6) is 0.425. The van der Waals surface area contributed by atoms with Gasteiger partial charge in [-0.3, -0.25) is 0 Å². The summed E-state index contributed by atoms with van der Waals surface area (Å²) in [6, 6.07) is 7.45. The topological polar surface area (TPSA) is 34.1 Å². The van der Waals surface area contributed by atoms with E-state index in [1.165, 1.54) is 0 Å². The summed E-state index contributed by atoms with van der Waals surface area (Å²) in [5, 5.41) is 0.526. The van der Waals surface area contributed by atoms with Crippen LogP contribution in [0.1, 0.15) is 24.8 Å². The fourth-order valence-electron chi connectivity index (χ4n) is 1.84. The van der Waals surface area contributed by atoms with Crippen LogP contribution in [0.5, 0.6) is 0 Å². The summed E-state index contributed by atoms with van der Waals surface area (Å²) < 4.78 is 23.2. The molecule has 2 atom stereocenters. The minimum Gasteiger partial charge on any atom is -0.229 e. The van der Waals surface area contributed by atoms with Gasteiger partial charge in [0.25, 0.3) is 0 Å². The predicted octanol–water partition coefficient (Wildman–Crippen LogP) is 2.63. The molecule has 0 unspecified atom stereocenters. The van der Waals surface area contributed by atoms with Crippen LogP contribution in [0.2, 0.25) is 5.02 Å². The summed E-state index contributed by atoms with van der Waals surface area (Å²) in [4.78, 5) is 0. The highest BCUT2D eigenvalue weighted by Crippen LogP contribution is 2.46. The number of halogens is 1. The van der Waals surface area contributed by atoms with Gasteiger partial charge in [-0.15, -0.1) is 0 Å². The first-order valence-corrected chi connectivity index (χ1v) is 7.11. The normalized spacial score (nSPS) is 25.2. The molecule has 2 rings (SSSR count). The molecule has 1 fully saturated rings. The standard InChI is InChI=1S/C11H13ClO2S/c1-2-15(13,14)11-7-10(11)8-3-5-9(12)6-4-8/h3-6,10-11H,2,7H2,1H3/t10-,11+/m0/s1. The van der Waals surface area contributed by atoms with Gasteiger partial charge in [-0.25, -0.2) is 8.42 Å². The van der Waals surface area contributed by atoms with E-state index in [2.05, 4.69) is 0 Å². The predicted molar refractivity (Wildman–Crippen MR) is 62.1 cm³/mol. The number of hydrogen-bond donors (Lipinski definition) is 0. The molecular formula is C11H13ClO2S. The first-order valence-electron chi connectivity index (χ1n) is 5.01. The molecule has 2 nitrogen and oxygen atoms in total. The van der Waals surface area contributed by atoms with E-state index in [0.29, 0.717) is 5.02 Å². The summed E-state index contributed by atoms with van der Waals surface area (Å²) in [5.41, 5.74) is 1.08. The van der Waals surface area contributed by atoms with Crippen LogP contribution in [0.4, 0.5) is 0 Å². The van der Waals surface area contributed by atoms with Gasteiger partial charge in [0, 0.05) is 16.7 Å². The lowest BCUT2D eigenvalue weighted by molar-refractivity contribution is 0.595. The third-order valence-electron chi connectivity index (χ3n) is 2.89. The number of rotatable bonds is 3. The van der Waals surface area contributed by atoms with E-state index in [1.807, 2.05) is 24.3 Å². The largest absolute Gasteiger partial charge is 0.229 e. The first-order chi connectivity index (χ1) is 7.04. The third kappa shape index (κ3) is 2.18. The van der Waals surface area contributed by atoms with Crippen LogP contribution in [0.3, 0.4) is 0 Å². The zero-order valence-corrected chi connectivity index (χ0v) is 10.1. The van der Waals surface area contributed by atoms with E-state index in [9.17, 15) is 8.42 Å². The van der Waals surface area contributed by atoms with Crippen molar-refractivity contribution in [3.05, 3.63) is 34.9 Å². The van der Waals surface area contributed by atoms with Crippen LogP contribution < -0.4 is 0 Å². The lowest BCUT2D eigenvalue weighted by atomic mass is 10.1. The molecule has 0 spiro atoms. The molecule has 0 aliphatic heterocycles. The van der Waals surface area contributed by atoms with Crippen molar-refractivity contribution in [3.8, 4) is 0 Å². The van der Waals surface area contributed by atoms with Gasteiger partial charge >= 0.3 is 0 Å². The molecule has 1 aliphatic rings. The second kappa shape index (κ2) is 3.80. The van der Waals surface area contributed by atoms with Crippen LogP contribution in [-0.4, -0.2) is 19.4 Å². The Labute approximate surface area is 95.2 Å². The second-order valence-electron chi connectivity index (χ2n) is 3.88. The highest BCUT2D eigenvalue weighted by Gasteiger charge is 2.46. The highest BCUT2D eigenvalue weighted by atomic mass is 35.5. The van der Waals surface area contributed by atoms with Gasteiger partial charge in [-0.2, -0.15) is 0 Å². The lowest BCUT2D eigenvalue weighted by Crippen LogP contribution is -2.10. The monoisotopic (exact) mass is 244 g/mol. The van der Waals surface area contributed by atoms with Crippen molar-refractivity contribution in [2.45, 2.75) is 24.5 Å². The molecule has 0 aromatic heterocycles. The van der Waals surface area contributed by atoms with Gasteiger partial charge in [0.1, 0.15) is 0 Å². The number of hydrogen-bond acceptors (Lipinski definition) is 2. The minimum atomic E-state index is -2.87. The molecule has 4 heteroatoms. The van der Waals surface area contributed by atoms with Gasteiger partial charge in [-0.1, -0.05) is 30.7 Å². The quantitative estimate of drug-likeness (QED) is 0.819. The van der Waals surface area contributed by atoms with E-state index < -0.39 is 9.84 Å². The molecule has 1 aromatic rings. The Morgan fingerprint density at radius 1 is 1.33 bits per heavy atom. The summed E-state index contributed by atoms with van der Waals surface area (Å²) in [6.45, 7) is 1.70. The maximum atomic E-state index is 11.6. The molecule has 15 heavy (non-hydrogen) atoms. The Balaban J connectivity index is 2.15. The Bertz CT molecular complexity index is 450. The van der Waals surface area contributed by atoms with Gasteiger partial charge in [-0.05, 0) is 24.1 Å². The minimum absolute atomic E-state index is 0.163. The van der Waals surface area contributed by atoms with E-state index >= 15 is 0 Å². The molecule has 1 aliphatic carbocycles. The van der Waals surface area contributed by atoms with Crippen molar-refractivity contribution in [2.24, 2.45) is 0 Å². The average Bonchev–Trinajstić information content (AvgIpc) is 2.99. The lowest BCUT2D eigenvalue weighted by Gasteiger charge is -2.01. The Morgan fingerprint density at radius 3 is 2.47 bits per heavy atom. The maximum Gasteiger partial charge on any atom is 0.153 e. The van der Waals surface area contributed by atoms with Crippen LogP contribution in [0.25, 0.3) is 0 Å². The fraction of sp³-hybridized carbons (Fsp3) is 0.455. The molecule has 0 radical (unpaired) electrons. The Hall–Kier alpha value is -0.540. The fourth-order valence-corrected chi connectivity index (χ4v) is 3.56. The van der Waals surface area contributed by atoms with Crippen molar-refractivity contribution in [1.82, 2.24) is 0 Å². The smallest absolute Gasteiger partial charge is 0.153 e. The molecule has 0 N–H and O–H groups in total. The van der Waals surface area contributed by atoms with E-state index in [4.69, 9.17) is 11.6 Å². The number of sulfone groups is 1.